The highest BCUT2D eigenvalue weighted by molar-refractivity contribution is 5.54. The van der Waals surface area contributed by atoms with Gasteiger partial charge in [0.1, 0.15) is 6.29 Å². The molecule has 2 heteroatoms. The molecule has 3 rings (SSSR count). The zero-order chi connectivity index (χ0) is 19.1. The van der Waals surface area contributed by atoms with Crippen LogP contribution in [0.25, 0.3) is 0 Å². The van der Waals surface area contributed by atoms with Crippen LogP contribution >= 0.6 is 0 Å². The monoisotopic (exact) mass is 369 g/mol. The molecule has 0 radical (unpaired) electrons. The molecule has 0 spiro atoms. The molecule has 150 valence electrons. The number of hydrogen-bond donors (Lipinski definition) is 0. The van der Waals surface area contributed by atoms with Gasteiger partial charge in [0.15, 0.2) is 0 Å². The molecule has 2 nitrogen and oxygen atoms in total. The Morgan fingerprint density at radius 2 is 1.52 bits per heavy atom. The molecule has 2 fully saturated rings. The van der Waals surface area contributed by atoms with Gasteiger partial charge in [-0.3, -0.25) is 0 Å². The van der Waals surface area contributed by atoms with Crippen LogP contribution in [0.4, 0.5) is 0 Å². The molecule has 1 heterocycles. The van der Waals surface area contributed by atoms with Crippen molar-refractivity contribution in [3.63, 3.8) is 0 Å². The Balaban J connectivity index is 1.43. The quantitative estimate of drug-likeness (QED) is 0.524. The average Bonchev–Trinajstić information content (AvgIpc) is 2.73. The lowest BCUT2D eigenvalue weighted by atomic mass is 9.82. The molecule has 0 N–H and O–H groups in total. The molecule has 2 atom stereocenters. The molecule has 1 saturated carbocycles. The lowest BCUT2D eigenvalue weighted by Gasteiger charge is -2.39. The lowest BCUT2D eigenvalue weighted by molar-refractivity contribution is -0.107. The second-order valence-electron chi connectivity index (χ2n) is 9.20. The number of rotatable bonds is 8. The van der Waals surface area contributed by atoms with Crippen LogP contribution in [0, 0.1) is 11.8 Å². The highest BCUT2D eigenvalue weighted by Gasteiger charge is 2.27. The third-order valence-corrected chi connectivity index (χ3v) is 7.48. The number of aldehydes is 1. The van der Waals surface area contributed by atoms with E-state index in [1.165, 1.54) is 76.4 Å². The highest BCUT2D eigenvalue weighted by Crippen LogP contribution is 2.33. The summed E-state index contributed by atoms with van der Waals surface area (Å²) in [5.41, 5.74) is 2.52. The predicted octanol–water partition coefficient (Wildman–Crippen LogP) is 5.99. The molecular weight excluding hydrogens is 330 g/mol. The highest BCUT2D eigenvalue weighted by atomic mass is 16.1. The fraction of sp³-hybridized carbons (Fsp3) is 0.720. The molecule has 1 aliphatic carbocycles. The van der Waals surface area contributed by atoms with Gasteiger partial charge in [-0.1, -0.05) is 76.1 Å². The maximum absolute atomic E-state index is 10.7. The van der Waals surface area contributed by atoms with Crippen LogP contribution in [-0.2, 0) is 11.2 Å². The minimum Gasteiger partial charge on any atom is -0.303 e. The minimum atomic E-state index is 0.526. The van der Waals surface area contributed by atoms with Crippen molar-refractivity contribution in [3.05, 3.63) is 35.4 Å². The van der Waals surface area contributed by atoms with Gasteiger partial charge < -0.3 is 9.69 Å². The van der Waals surface area contributed by atoms with Crippen LogP contribution in [0.2, 0.25) is 0 Å². The first-order valence-electron chi connectivity index (χ1n) is 11.4. The van der Waals surface area contributed by atoms with Crippen LogP contribution in [0.1, 0.15) is 88.7 Å². The summed E-state index contributed by atoms with van der Waals surface area (Å²) in [4.78, 5) is 13.4. The van der Waals surface area contributed by atoms with Crippen LogP contribution in [-0.4, -0.2) is 30.3 Å². The first-order chi connectivity index (χ1) is 13.2. The molecule has 1 aliphatic heterocycles. The maximum Gasteiger partial charge on any atom is 0.124 e. The van der Waals surface area contributed by atoms with Gasteiger partial charge in [0.05, 0.1) is 0 Å². The van der Waals surface area contributed by atoms with Crippen LogP contribution in [0.5, 0.6) is 0 Å². The van der Waals surface area contributed by atoms with Crippen LogP contribution in [0.3, 0.4) is 0 Å². The Hall–Kier alpha value is -1.15. The minimum absolute atomic E-state index is 0.526. The second kappa shape index (κ2) is 10.4. The Morgan fingerprint density at radius 1 is 0.926 bits per heavy atom. The molecule has 0 aromatic heterocycles. The zero-order valence-corrected chi connectivity index (χ0v) is 17.5. The van der Waals surface area contributed by atoms with E-state index in [4.69, 9.17) is 0 Å². The van der Waals surface area contributed by atoms with E-state index in [2.05, 4.69) is 43.0 Å². The molecule has 27 heavy (non-hydrogen) atoms. The number of benzene rings is 1. The van der Waals surface area contributed by atoms with Gasteiger partial charge in [0.25, 0.3) is 0 Å². The maximum atomic E-state index is 10.7. The third-order valence-electron chi connectivity index (χ3n) is 7.48. The summed E-state index contributed by atoms with van der Waals surface area (Å²) in [6, 6.07) is 9.25. The van der Waals surface area contributed by atoms with E-state index in [0.717, 1.165) is 23.7 Å². The summed E-state index contributed by atoms with van der Waals surface area (Å²) in [6.45, 7) is 7.29. The SMILES string of the molecule is CC(c1ccc(CC=O)cc1)[C@H](C)N1CCC(CCC2CCCCC2)CC1. The van der Waals surface area contributed by atoms with Crippen molar-refractivity contribution in [1.29, 1.82) is 0 Å². The summed E-state index contributed by atoms with van der Waals surface area (Å²) in [5, 5.41) is 0. The summed E-state index contributed by atoms with van der Waals surface area (Å²) in [7, 11) is 0. The fourth-order valence-electron chi connectivity index (χ4n) is 5.24. The van der Waals surface area contributed by atoms with Gasteiger partial charge in [-0.15, -0.1) is 0 Å². The van der Waals surface area contributed by atoms with Crippen molar-refractivity contribution >= 4 is 6.29 Å². The molecular formula is C25H39NO. The van der Waals surface area contributed by atoms with Crippen molar-refractivity contribution in [3.8, 4) is 0 Å². The lowest BCUT2D eigenvalue weighted by Crippen LogP contribution is -2.42. The van der Waals surface area contributed by atoms with Crippen molar-refractivity contribution in [2.75, 3.05) is 13.1 Å². The van der Waals surface area contributed by atoms with E-state index < -0.39 is 0 Å². The average molecular weight is 370 g/mol. The van der Waals surface area contributed by atoms with Crippen molar-refractivity contribution in [2.45, 2.75) is 90.0 Å². The van der Waals surface area contributed by atoms with E-state index in [0.29, 0.717) is 18.4 Å². The predicted molar refractivity (Wildman–Crippen MR) is 114 cm³/mol. The van der Waals surface area contributed by atoms with Crippen molar-refractivity contribution < 1.29 is 4.79 Å². The normalized spacial score (nSPS) is 22.4. The standard InChI is InChI=1S/C25H39NO/c1-20(25-12-10-23(11-13-25)16-19-27)21(2)26-17-14-24(15-18-26)9-8-22-6-4-3-5-7-22/h10-13,19-22,24H,3-9,14-18H2,1-2H3/t20?,21-/m0/s1. The molecule has 1 aromatic rings. The van der Waals surface area contributed by atoms with E-state index in [1.54, 1.807) is 0 Å². The number of nitrogens with zero attached hydrogens (tertiary/aromatic N) is 1. The Labute approximate surface area is 166 Å². The number of carbonyl (C=O) groups is 1. The molecule has 1 aromatic carbocycles. The van der Waals surface area contributed by atoms with Crippen molar-refractivity contribution in [2.24, 2.45) is 11.8 Å². The van der Waals surface area contributed by atoms with E-state index in [9.17, 15) is 4.79 Å². The van der Waals surface area contributed by atoms with E-state index >= 15 is 0 Å². The van der Waals surface area contributed by atoms with Gasteiger partial charge in [0, 0.05) is 12.5 Å². The van der Waals surface area contributed by atoms with E-state index in [1.807, 2.05) is 0 Å². The number of piperidine rings is 1. The van der Waals surface area contributed by atoms with Gasteiger partial charge in [0.2, 0.25) is 0 Å². The van der Waals surface area contributed by atoms with Crippen molar-refractivity contribution in [1.82, 2.24) is 4.90 Å². The summed E-state index contributed by atoms with van der Waals surface area (Å²) >= 11 is 0. The van der Waals surface area contributed by atoms with Crippen LogP contribution in [0.15, 0.2) is 24.3 Å². The molecule has 0 amide bonds. The summed E-state index contributed by atoms with van der Waals surface area (Å²) < 4.78 is 0. The summed E-state index contributed by atoms with van der Waals surface area (Å²) in [6.07, 6.45) is 14.7. The first-order valence-corrected chi connectivity index (χ1v) is 11.4. The van der Waals surface area contributed by atoms with Gasteiger partial charge in [-0.25, -0.2) is 0 Å². The summed E-state index contributed by atoms with van der Waals surface area (Å²) in [5.74, 6) is 2.54. The fourth-order valence-corrected chi connectivity index (χ4v) is 5.24. The Morgan fingerprint density at radius 3 is 2.11 bits per heavy atom. The number of likely N-dealkylation sites (tertiary alicyclic amines) is 1. The van der Waals surface area contributed by atoms with Gasteiger partial charge in [-0.05, 0) is 61.7 Å². The Bertz CT molecular complexity index is 552. The number of hydrogen-bond acceptors (Lipinski definition) is 2. The molecule has 1 saturated heterocycles. The molecule has 2 aliphatic rings. The smallest absolute Gasteiger partial charge is 0.124 e. The van der Waals surface area contributed by atoms with Gasteiger partial charge >= 0.3 is 0 Å². The second-order valence-corrected chi connectivity index (χ2v) is 9.20. The Kier molecular flexibility index (Phi) is 7.93. The third kappa shape index (κ3) is 5.91. The largest absolute Gasteiger partial charge is 0.303 e. The zero-order valence-electron chi connectivity index (χ0n) is 17.5. The van der Waals surface area contributed by atoms with Gasteiger partial charge in [-0.2, -0.15) is 0 Å². The first kappa shape index (κ1) is 20.6. The van der Waals surface area contributed by atoms with Crippen LogP contribution < -0.4 is 0 Å². The topological polar surface area (TPSA) is 20.3 Å². The van der Waals surface area contributed by atoms with E-state index in [-0.39, 0.29) is 0 Å². The molecule has 1 unspecified atom stereocenters. The number of carbonyl (C=O) groups excluding carboxylic acids is 1. The molecule has 0 bridgehead atoms.